The predicted molar refractivity (Wildman–Crippen MR) is 84.8 cm³/mol. The molecule has 0 aliphatic heterocycles. The van der Waals surface area contributed by atoms with Crippen LogP contribution < -0.4 is 5.43 Å². The Balaban J connectivity index is 1.76. The monoisotopic (exact) mass is 336 g/mol. The van der Waals surface area contributed by atoms with Crippen LogP contribution in [0, 0.1) is 6.92 Å². The van der Waals surface area contributed by atoms with Gasteiger partial charge in [-0.2, -0.15) is 18.3 Å². The summed E-state index contributed by atoms with van der Waals surface area (Å²) >= 11 is 1.51. The first kappa shape index (κ1) is 15.4. The van der Waals surface area contributed by atoms with Gasteiger partial charge in [0.1, 0.15) is 6.33 Å². The molecule has 0 spiro atoms. The summed E-state index contributed by atoms with van der Waals surface area (Å²) < 4.78 is 38.3. The molecule has 1 N–H and O–H groups in total. The molecule has 118 valence electrons. The number of alkyl halides is 3. The molecule has 1 aromatic carbocycles. The van der Waals surface area contributed by atoms with E-state index in [1.807, 2.05) is 12.3 Å². The fourth-order valence-corrected chi connectivity index (χ4v) is 2.92. The molecule has 0 atom stereocenters. The molecule has 3 aromatic rings. The van der Waals surface area contributed by atoms with Gasteiger partial charge in [-0.05, 0) is 35.6 Å². The van der Waals surface area contributed by atoms with Crippen LogP contribution in [0.1, 0.15) is 16.7 Å². The van der Waals surface area contributed by atoms with Crippen LogP contribution in [-0.2, 0) is 6.18 Å². The van der Waals surface area contributed by atoms with Crippen molar-refractivity contribution in [3.05, 3.63) is 52.7 Å². The third kappa shape index (κ3) is 3.31. The molecular formula is C15H11F3N4S. The van der Waals surface area contributed by atoms with Crippen molar-refractivity contribution in [2.45, 2.75) is 13.1 Å². The molecule has 3 rings (SSSR count). The Hall–Kier alpha value is -2.48. The summed E-state index contributed by atoms with van der Waals surface area (Å²) in [6, 6.07) is 4.76. The number of hydrazone groups is 1. The molecule has 0 aliphatic rings. The highest BCUT2D eigenvalue weighted by molar-refractivity contribution is 7.18. The number of anilines is 1. The Bertz CT molecular complexity index is 853. The van der Waals surface area contributed by atoms with E-state index in [0.717, 1.165) is 27.9 Å². The fraction of sp³-hybridized carbons (Fsp3) is 0.133. The standard InChI is InChI=1S/C15H11F3N4S/c1-9-7-23-13-12(9)19-8-20-14(13)22-21-6-10-2-4-11(5-3-10)15(16,17)18/h2-8H,1H3,(H,19,20,22)/b21-6-. The van der Waals surface area contributed by atoms with E-state index in [1.54, 1.807) is 0 Å². The van der Waals surface area contributed by atoms with E-state index in [2.05, 4.69) is 20.5 Å². The summed E-state index contributed by atoms with van der Waals surface area (Å²) in [5.74, 6) is 0.566. The van der Waals surface area contributed by atoms with Gasteiger partial charge in [0.25, 0.3) is 0 Å². The van der Waals surface area contributed by atoms with Gasteiger partial charge in [0.2, 0.25) is 0 Å². The summed E-state index contributed by atoms with van der Waals surface area (Å²) in [7, 11) is 0. The van der Waals surface area contributed by atoms with E-state index in [4.69, 9.17) is 0 Å². The van der Waals surface area contributed by atoms with E-state index in [9.17, 15) is 13.2 Å². The Morgan fingerprint density at radius 3 is 2.61 bits per heavy atom. The van der Waals surface area contributed by atoms with E-state index in [0.29, 0.717) is 11.4 Å². The average Bonchev–Trinajstić information content (AvgIpc) is 2.90. The van der Waals surface area contributed by atoms with Crippen molar-refractivity contribution in [1.29, 1.82) is 0 Å². The van der Waals surface area contributed by atoms with Crippen molar-refractivity contribution in [2.24, 2.45) is 5.10 Å². The van der Waals surface area contributed by atoms with Crippen molar-refractivity contribution in [1.82, 2.24) is 9.97 Å². The number of halogens is 3. The molecule has 0 unspecified atom stereocenters. The highest BCUT2D eigenvalue weighted by Crippen LogP contribution is 2.29. The Kier molecular flexibility index (Phi) is 3.99. The van der Waals surface area contributed by atoms with Gasteiger partial charge < -0.3 is 0 Å². The summed E-state index contributed by atoms with van der Waals surface area (Å²) in [5.41, 5.74) is 4.58. The van der Waals surface area contributed by atoms with Gasteiger partial charge in [0.05, 0.1) is 22.0 Å². The minimum Gasteiger partial charge on any atom is -0.260 e. The number of aryl methyl sites for hydroxylation is 1. The summed E-state index contributed by atoms with van der Waals surface area (Å²) in [5, 5.41) is 6.00. The zero-order valence-corrected chi connectivity index (χ0v) is 12.7. The van der Waals surface area contributed by atoms with Crippen LogP contribution in [0.5, 0.6) is 0 Å². The highest BCUT2D eigenvalue weighted by atomic mass is 32.1. The lowest BCUT2D eigenvalue weighted by molar-refractivity contribution is -0.137. The second kappa shape index (κ2) is 5.96. The lowest BCUT2D eigenvalue weighted by Gasteiger charge is -2.05. The van der Waals surface area contributed by atoms with Crippen LogP contribution in [0.3, 0.4) is 0 Å². The Morgan fingerprint density at radius 2 is 1.91 bits per heavy atom. The second-order valence-electron chi connectivity index (χ2n) is 4.81. The maximum Gasteiger partial charge on any atom is 0.416 e. The van der Waals surface area contributed by atoms with Crippen molar-refractivity contribution in [3.63, 3.8) is 0 Å². The van der Waals surface area contributed by atoms with Crippen molar-refractivity contribution in [3.8, 4) is 0 Å². The second-order valence-corrected chi connectivity index (χ2v) is 5.69. The van der Waals surface area contributed by atoms with Gasteiger partial charge in [-0.1, -0.05) is 12.1 Å². The number of thiophene rings is 1. The smallest absolute Gasteiger partial charge is 0.260 e. The Morgan fingerprint density at radius 1 is 1.17 bits per heavy atom. The summed E-state index contributed by atoms with van der Waals surface area (Å²) in [6.07, 6.45) is -1.45. The van der Waals surface area contributed by atoms with Gasteiger partial charge in [0, 0.05) is 0 Å². The topological polar surface area (TPSA) is 50.2 Å². The van der Waals surface area contributed by atoms with Crippen LogP contribution in [0.15, 0.2) is 41.1 Å². The molecule has 4 nitrogen and oxygen atoms in total. The minimum absolute atomic E-state index is 0.554. The van der Waals surface area contributed by atoms with Gasteiger partial charge in [-0.15, -0.1) is 11.3 Å². The molecule has 0 saturated heterocycles. The predicted octanol–water partition coefficient (Wildman–Crippen LogP) is 4.46. The van der Waals surface area contributed by atoms with E-state index in [1.165, 1.54) is 36.0 Å². The minimum atomic E-state index is -4.34. The van der Waals surface area contributed by atoms with Crippen molar-refractivity contribution >= 4 is 33.6 Å². The zero-order chi connectivity index (χ0) is 16.4. The number of rotatable bonds is 3. The average molecular weight is 336 g/mol. The highest BCUT2D eigenvalue weighted by Gasteiger charge is 2.29. The maximum atomic E-state index is 12.5. The number of nitrogens with one attached hydrogen (secondary N) is 1. The molecule has 2 aromatic heterocycles. The van der Waals surface area contributed by atoms with Crippen LogP contribution >= 0.6 is 11.3 Å². The molecule has 0 aliphatic carbocycles. The van der Waals surface area contributed by atoms with Gasteiger partial charge >= 0.3 is 6.18 Å². The SMILES string of the molecule is Cc1csc2c(N/N=C\c3ccc(C(F)(F)F)cc3)ncnc12. The molecule has 0 amide bonds. The maximum absolute atomic E-state index is 12.5. The van der Waals surface area contributed by atoms with Crippen LogP contribution in [0.25, 0.3) is 10.2 Å². The number of nitrogens with zero attached hydrogens (tertiary/aromatic N) is 3. The van der Waals surface area contributed by atoms with E-state index >= 15 is 0 Å². The van der Waals surface area contributed by atoms with E-state index < -0.39 is 11.7 Å². The fourth-order valence-electron chi connectivity index (χ4n) is 1.98. The first-order valence-electron chi connectivity index (χ1n) is 6.60. The number of aromatic nitrogens is 2. The lowest BCUT2D eigenvalue weighted by atomic mass is 10.1. The third-order valence-corrected chi connectivity index (χ3v) is 4.25. The number of hydrogen-bond acceptors (Lipinski definition) is 5. The van der Waals surface area contributed by atoms with Gasteiger partial charge in [-0.25, -0.2) is 9.97 Å². The Labute approximate surface area is 133 Å². The van der Waals surface area contributed by atoms with Crippen molar-refractivity contribution < 1.29 is 13.2 Å². The number of benzene rings is 1. The molecule has 23 heavy (non-hydrogen) atoms. The molecule has 2 heterocycles. The van der Waals surface area contributed by atoms with Gasteiger partial charge in [0.15, 0.2) is 5.82 Å². The van der Waals surface area contributed by atoms with Gasteiger partial charge in [-0.3, -0.25) is 5.43 Å². The quantitative estimate of drug-likeness (QED) is 0.567. The third-order valence-electron chi connectivity index (χ3n) is 3.15. The van der Waals surface area contributed by atoms with Crippen LogP contribution in [-0.4, -0.2) is 16.2 Å². The molecule has 0 saturated carbocycles. The zero-order valence-electron chi connectivity index (χ0n) is 11.9. The first-order valence-corrected chi connectivity index (χ1v) is 7.48. The summed E-state index contributed by atoms with van der Waals surface area (Å²) in [4.78, 5) is 8.32. The number of hydrogen-bond donors (Lipinski definition) is 1. The molecule has 0 radical (unpaired) electrons. The molecule has 8 heteroatoms. The molecule has 0 fully saturated rings. The molecule has 0 bridgehead atoms. The van der Waals surface area contributed by atoms with Crippen LogP contribution in [0.4, 0.5) is 19.0 Å². The lowest BCUT2D eigenvalue weighted by Crippen LogP contribution is -2.04. The van der Waals surface area contributed by atoms with Crippen molar-refractivity contribution in [2.75, 3.05) is 5.43 Å². The number of fused-ring (bicyclic) bond motifs is 1. The normalized spacial score (nSPS) is 12.2. The summed E-state index contributed by atoms with van der Waals surface area (Å²) in [6.45, 7) is 1.96. The molecular weight excluding hydrogens is 325 g/mol. The van der Waals surface area contributed by atoms with E-state index in [-0.39, 0.29) is 0 Å². The van der Waals surface area contributed by atoms with Crippen LogP contribution in [0.2, 0.25) is 0 Å². The largest absolute Gasteiger partial charge is 0.416 e. The first-order chi connectivity index (χ1) is 10.9.